The van der Waals surface area contributed by atoms with E-state index in [-0.39, 0.29) is 0 Å². The smallest absolute Gasteiger partial charge is 0.199 e. The Bertz CT molecular complexity index is 561. The van der Waals surface area contributed by atoms with Crippen LogP contribution >= 0.6 is 39.7 Å². The number of nitrogens with zero attached hydrogens (tertiary/aromatic N) is 2. The predicted molar refractivity (Wildman–Crippen MR) is 66.2 cm³/mol. The molecule has 0 aliphatic heterocycles. The average molecular weight is 305 g/mol. The molecule has 0 saturated heterocycles. The normalized spacial score (nSPS) is 10.6. The van der Waals surface area contributed by atoms with Crippen molar-refractivity contribution in [3.05, 3.63) is 38.3 Å². The number of H-pyrrole nitrogens is 1. The fourth-order valence-electron chi connectivity index (χ4n) is 1.30. The molecular weight excluding hydrogens is 298 g/mol. The van der Waals surface area contributed by atoms with Gasteiger partial charge in [0, 0.05) is 4.47 Å². The second-order valence-corrected chi connectivity index (χ2v) is 4.66. The van der Waals surface area contributed by atoms with Gasteiger partial charge in [-0.2, -0.15) is 5.10 Å². The lowest BCUT2D eigenvalue weighted by molar-refractivity contribution is 0.962. The highest BCUT2D eigenvalue weighted by Crippen LogP contribution is 2.25. The van der Waals surface area contributed by atoms with E-state index >= 15 is 0 Å². The summed E-state index contributed by atoms with van der Waals surface area (Å²) in [5.41, 5.74) is 0.933. The first-order chi connectivity index (χ1) is 7.09. The molecule has 0 fully saturated rings. The largest absolute Gasteiger partial charge is 0.272 e. The van der Waals surface area contributed by atoms with Crippen molar-refractivity contribution in [2.45, 2.75) is 6.92 Å². The molecule has 2 rings (SSSR count). The van der Waals surface area contributed by atoms with Crippen LogP contribution in [-0.4, -0.2) is 14.8 Å². The van der Waals surface area contributed by atoms with Gasteiger partial charge in [-0.3, -0.25) is 9.67 Å². The summed E-state index contributed by atoms with van der Waals surface area (Å²) < 4.78 is 3.25. The van der Waals surface area contributed by atoms with Crippen LogP contribution in [0.2, 0.25) is 5.02 Å². The SMILES string of the molecule is Cc1n[nH]c(=S)n1-c1ccc(Cl)c(Br)c1. The van der Waals surface area contributed by atoms with Crippen LogP contribution in [0.15, 0.2) is 22.7 Å². The predicted octanol–water partition coefficient (Wildman–Crippen LogP) is 3.65. The van der Waals surface area contributed by atoms with Gasteiger partial charge in [0.05, 0.1) is 10.7 Å². The Balaban J connectivity index is 2.65. The Hall–Kier alpha value is -0.650. The van der Waals surface area contributed by atoms with Crippen LogP contribution < -0.4 is 0 Å². The van der Waals surface area contributed by atoms with Crippen LogP contribution in [0.5, 0.6) is 0 Å². The van der Waals surface area contributed by atoms with E-state index in [0.29, 0.717) is 9.79 Å². The highest BCUT2D eigenvalue weighted by atomic mass is 79.9. The van der Waals surface area contributed by atoms with Crippen LogP contribution in [-0.2, 0) is 0 Å². The Morgan fingerprint density at radius 1 is 1.53 bits per heavy atom. The molecule has 6 heteroatoms. The van der Waals surface area contributed by atoms with Crippen molar-refractivity contribution in [2.24, 2.45) is 0 Å². The summed E-state index contributed by atoms with van der Waals surface area (Å²) in [6, 6.07) is 5.61. The fraction of sp³-hybridized carbons (Fsp3) is 0.111. The second kappa shape index (κ2) is 4.08. The van der Waals surface area contributed by atoms with E-state index in [1.54, 1.807) is 0 Å². The van der Waals surface area contributed by atoms with Crippen molar-refractivity contribution >= 4 is 39.7 Å². The molecule has 0 bridgehead atoms. The molecule has 0 spiro atoms. The summed E-state index contributed by atoms with van der Waals surface area (Å²) in [5.74, 6) is 0.814. The Morgan fingerprint density at radius 2 is 2.27 bits per heavy atom. The molecule has 0 aliphatic carbocycles. The maximum atomic E-state index is 5.92. The van der Waals surface area contributed by atoms with Gasteiger partial charge in [0.2, 0.25) is 0 Å². The molecular formula is C9H7BrClN3S. The summed E-state index contributed by atoms with van der Waals surface area (Å²) in [5, 5.41) is 7.45. The Morgan fingerprint density at radius 3 is 2.80 bits per heavy atom. The van der Waals surface area contributed by atoms with E-state index < -0.39 is 0 Å². The number of halogens is 2. The number of aromatic nitrogens is 3. The molecule has 0 aliphatic rings. The molecule has 78 valence electrons. The van der Waals surface area contributed by atoms with Gasteiger partial charge in [0.15, 0.2) is 4.77 Å². The number of aromatic amines is 1. The first-order valence-electron chi connectivity index (χ1n) is 4.19. The van der Waals surface area contributed by atoms with E-state index in [1.807, 2.05) is 29.7 Å². The summed E-state index contributed by atoms with van der Waals surface area (Å²) in [7, 11) is 0. The van der Waals surface area contributed by atoms with Gasteiger partial charge in [0.1, 0.15) is 5.82 Å². The van der Waals surface area contributed by atoms with E-state index in [2.05, 4.69) is 26.1 Å². The molecule has 0 radical (unpaired) electrons. The van der Waals surface area contributed by atoms with Gasteiger partial charge in [-0.1, -0.05) is 11.6 Å². The molecule has 15 heavy (non-hydrogen) atoms. The summed E-state index contributed by atoms with van der Waals surface area (Å²) in [4.78, 5) is 0. The quantitative estimate of drug-likeness (QED) is 0.816. The minimum Gasteiger partial charge on any atom is -0.272 e. The lowest BCUT2D eigenvalue weighted by Crippen LogP contribution is -1.96. The number of benzene rings is 1. The van der Waals surface area contributed by atoms with Crippen LogP contribution in [0, 0.1) is 11.7 Å². The molecule has 0 unspecified atom stereocenters. The molecule has 0 amide bonds. The zero-order valence-corrected chi connectivity index (χ0v) is 10.9. The summed E-state index contributed by atoms with van der Waals surface area (Å²) >= 11 is 14.4. The van der Waals surface area contributed by atoms with Crippen molar-refractivity contribution in [3.63, 3.8) is 0 Å². The van der Waals surface area contributed by atoms with E-state index in [9.17, 15) is 0 Å². The highest BCUT2D eigenvalue weighted by Gasteiger charge is 2.05. The molecule has 1 heterocycles. The molecule has 2 aromatic rings. The lowest BCUT2D eigenvalue weighted by atomic mass is 10.3. The molecule has 3 nitrogen and oxygen atoms in total. The lowest BCUT2D eigenvalue weighted by Gasteiger charge is -2.05. The Kier molecular flexibility index (Phi) is 2.95. The van der Waals surface area contributed by atoms with Gasteiger partial charge in [-0.05, 0) is 53.3 Å². The maximum absolute atomic E-state index is 5.92. The molecule has 1 aromatic carbocycles. The van der Waals surface area contributed by atoms with Crippen molar-refractivity contribution in [2.75, 3.05) is 0 Å². The first-order valence-corrected chi connectivity index (χ1v) is 5.77. The van der Waals surface area contributed by atoms with Crippen molar-refractivity contribution in [1.29, 1.82) is 0 Å². The zero-order chi connectivity index (χ0) is 11.0. The van der Waals surface area contributed by atoms with E-state index in [0.717, 1.165) is 16.0 Å². The zero-order valence-electron chi connectivity index (χ0n) is 7.79. The standard InChI is InChI=1S/C9H7BrClN3S/c1-5-12-13-9(15)14(5)6-2-3-8(11)7(10)4-6/h2-4H,1H3,(H,13,15). The number of nitrogens with one attached hydrogen (secondary N) is 1. The first kappa shape index (κ1) is 10.9. The van der Waals surface area contributed by atoms with Gasteiger partial charge >= 0.3 is 0 Å². The number of hydrogen-bond acceptors (Lipinski definition) is 2. The monoisotopic (exact) mass is 303 g/mol. The second-order valence-electron chi connectivity index (χ2n) is 3.01. The van der Waals surface area contributed by atoms with Gasteiger partial charge < -0.3 is 0 Å². The minimum absolute atomic E-state index is 0.571. The third-order valence-corrected chi connectivity index (χ3v) is 3.49. The van der Waals surface area contributed by atoms with Crippen LogP contribution in [0.4, 0.5) is 0 Å². The molecule has 1 N–H and O–H groups in total. The Labute approximate surface area is 105 Å². The average Bonchev–Trinajstić information content (AvgIpc) is 2.52. The summed E-state index contributed by atoms with van der Waals surface area (Å²) in [6.45, 7) is 1.88. The van der Waals surface area contributed by atoms with Gasteiger partial charge in [0.25, 0.3) is 0 Å². The number of rotatable bonds is 1. The van der Waals surface area contributed by atoms with Crippen LogP contribution in [0.25, 0.3) is 5.69 Å². The van der Waals surface area contributed by atoms with Crippen LogP contribution in [0.3, 0.4) is 0 Å². The fourth-order valence-corrected chi connectivity index (χ4v) is 2.07. The van der Waals surface area contributed by atoms with Crippen molar-refractivity contribution < 1.29 is 0 Å². The topological polar surface area (TPSA) is 33.6 Å². The number of aryl methyl sites for hydroxylation is 1. The number of hydrogen-bond donors (Lipinski definition) is 1. The van der Waals surface area contributed by atoms with E-state index in [1.165, 1.54) is 0 Å². The van der Waals surface area contributed by atoms with Crippen LogP contribution in [0.1, 0.15) is 5.82 Å². The third kappa shape index (κ3) is 2.00. The van der Waals surface area contributed by atoms with Crippen molar-refractivity contribution in [1.82, 2.24) is 14.8 Å². The minimum atomic E-state index is 0.571. The molecule has 0 saturated carbocycles. The van der Waals surface area contributed by atoms with Crippen molar-refractivity contribution in [3.8, 4) is 5.69 Å². The third-order valence-electron chi connectivity index (χ3n) is 2.00. The molecule has 1 aromatic heterocycles. The molecule has 0 atom stereocenters. The maximum Gasteiger partial charge on any atom is 0.199 e. The van der Waals surface area contributed by atoms with E-state index in [4.69, 9.17) is 23.8 Å². The highest BCUT2D eigenvalue weighted by molar-refractivity contribution is 9.10. The van der Waals surface area contributed by atoms with Gasteiger partial charge in [-0.25, -0.2) is 0 Å². The summed E-state index contributed by atoms with van der Waals surface area (Å²) in [6.07, 6.45) is 0. The van der Waals surface area contributed by atoms with Gasteiger partial charge in [-0.15, -0.1) is 0 Å².